The summed E-state index contributed by atoms with van der Waals surface area (Å²) in [7, 11) is 0. The topological polar surface area (TPSA) is 107 Å². The van der Waals surface area contributed by atoms with Crippen molar-refractivity contribution in [2.75, 3.05) is 19.8 Å². The van der Waals surface area contributed by atoms with Crippen molar-refractivity contribution in [3.05, 3.63) is 0 Å². The van der Waals surface area contributed by atoms with E-state index in [4.69, 9.17) is 16.2 Å². The van der Waals surface area contributed by atoms with Gasteiger partial charge in [-0.3, -0.25) is 9.59 Å². The molecule has 1 rings (SSSR count). The summed E-state index contributed by atoms with van der Waals surface area (Å²) in [5.74, 6) is -0.746. The van der Waals surface area contributed by atoms with Gasteiger partial charge in [-0.1, -0.05) is 13.8 Å². The molecule has 18 heavy (non-hydrogen) atoms. The van der Waals surface area contributed by atoms with Gasteiger partial charge in [0.25, 0.3) is 0 Å². The van der Waals surface area contributed by atoms with Crippen molar-refractivity contribution >= 4 is 11.8 Å². The van der Waals surface area contributed by atoms with Crippen molar-refractivity contribution in [2.24, 2.45) is 22.8 Å². The van der Waals surface area contributed by atoms with Crippen LogP contribution in [0.3, 0.4) is 0 Å². The van der Waals surface area contributed by atoms with Crippen LogP contribution in [0.1, 0.15) is 26.7 Å². The van der Waals surface area contributed by atoms with Crippen LogP contribution in [-0.4, -0.2) is 37.6 Å². The Morgan fingerprint density at radius 3 is 2.28 bits per heavy atom. The Morgan fingerprint density at radius 2 is 1.89 bits per heavy atom. The Labute approximate surface area is 107 Å². The zero-order valence-corrected chi connectivity index (χ0v) is 11.1. The molecular weight excluding hydrogens is 234 g/mol. The van der Waals surface area contributed by atoms with Crippen LogP contribution in [-0.2, 0) is 14.3 Å². The molecule has 1 aliphatic heterocycles. The Hall–Kier alpha value is -1.14. The summed E-state index contributed by atoms with van der Waals surface area (Å²) >= 11 is 0. The van der Waals surface area contributed by atoms with Gasteiger partial charge in [-0.05, 0) is 18.8 Å². The van der Waals surface area contributed by atoms with Gasteiger partial charge in [0.2, 0.25) is 11.8 Å². The molecule has 1 saturated heterocycles. The maximum atomic E-state index is 12.3. The molecule has 5 N–H and O–H groups in total. The Morgan fingerprint density at radius 1 is 1.33 bits per heavy atom. The Balaban J connectivity index is 2.75. The minimum Gasteiger partial charge on any atom is -0.381 e. The molecule has 1 fully saturated rings. The molecule has 1 aliphatic rings. The first-order chi connectivity index (χ1) is 8.43. The summed E-state index contributed by atoms with van der Waals surface area (Å²) in [6.07, 6.45) is 1.16. The van der Waals surface area contributed by atoms with E-state index < -0.39 is 17.4 Å². The lowest BCUT2D eigenvalue weighted by Crippen LogP contribution is -2.56. The number of nitrogens with one attached hydrogen (secondary N) is 1. The van der Waals surface area contributed by atoms with Gasteiger partial charge in [0.05, 0.1) is 5.41 Å². The van der Waals surface area contributed by atoms with Crippen molar-refractivity contribution in [2.45, 2.75) is 32.7 Å². The van der Waals surface area contributed by atoms with Crippen molar-refractivity contribution in [3.63, 3.8) is 0 Å². The van der Waals surface area contributed by atoms with Gasteiger partial charge in [0.15, 0.2) is 0 Å². The third-order valence-electron chi connectivity index (χ3n) is 3.58. The van der Waals surface area contributed by atoms with E-state index in [0.717, 1.165) is 0 Å². The zero-order valence-electron chi connectivity index (χ0n) is 11.1. The average Bonchev–Trinajstić information content (AvgIpc) is 2.35. The molecule has 1 heterocycles. The lowest BCUT2D eigenvalue weighted by molar-refractivity contribution is -0.139. The van der Waals surface area contributed by atoms with Gasteiger partial charge in [-0.15, -0.1) is 0 Å². The highest BCUT2D eigenvalue weighted by atomic mass is 16.5. The largest absolute Gasteiger partial charge is 0.381 e. The van der Waals surface area contributed by atoms with Crippen LogP contribution in [0, 0.1) is 11.3 Å². The van der Waals surface area contributed by atoms with Crippen molar-refractivity contribution in [3.8, 4) is 0 Å². The highest BCUT2D eigenvalue weighted by Gasteiger charge is 2.40. The molecule has 104 valence electrons. The van der Waals surface area contributed by atoms with Crippen LogP contribution < -0.4 is 16.8 Å². The highest BCUT2D eigenvalue weighted by Crippen LogP contribution is 2.29. The number of amides is 2. The van der Waals surface area contributed by atoms with Gasteiger partial charge >= 0.3 is 0 Å². The number of hydrogen-bond donors (Lipinski definition) is 3. The normalized spacial score (nSPS) is 20.4. The van der Waals surface area contributed by atoms with Crippen LogP contribution in [0.5, 0.6) is 0 Å². The van der Waals surface area contributed by atoms with Crippen LogP contribution >= 0.6 is 0 Å². The van der Waals surface area contributed by atoms with Crippen molar-refractivity contribution in [1.82, 2.24) is 5.32 Å². The van der Waals surface area contributed by atoms with E-state index in [1.165, 1.54) is 0 Å². The quantitative estimate of drug-likeness (QED) is 0.609. The van der Waals surface area contributed by atoms with Crippen LogP contribution in [0.25, 0.3) is 0 Å². The van der Waals surface area contributed by atoms with E-state index in [-0.39, 0.29) is 18.4 Å². The van der Waals surface area contributed by atoms with Crippen LogP contribution in [0.4, 0.5) is 0 Å². The molecule has 0 aromatic heterocycles. The number of primary amides is 1. The number of carbonyl (C=O) groups excluding carboxylic acids is 2. The summed E-state index contributed by atoms with van der Waals surface area (Å²) in [4.78, 5) is 23.6. The minimum absolute atomic E-state index is 0.0406. The fourth-order valence-corrected chi connectivity index (χ4v) is 2.15. The lowest BCUT2D eigenvalue weighted by Gasteiger charge is -2.36. The zero-order chi connectivity index (χ0) is 13.8. The van der Waals surface area contributed by atoms with Crippen LogP contribution in [0.15, 0.2) is 0 Å². The molecular formula is C12H23N3O3. The smallest absolute Gasteiger partial charge is 0.240 e. The molecule has 1 unspecified atom stereocenters. The first-order valence-corrected chi connectivity index (χ1v) is 6.31. The standard InChI is InChI=1S/C12H23N3O3/c1-8(2)9(10(14)16)15-11(17)12(7-13)3-5-18-6-4-12/h8-9H,3-7,13H2,1-2H3,(H2,14,16)(H,15,17). The third kappa shape index (κ3) is 3.20. The monoisotopic (exact) mass is 257 g/mol. The minimum atomic E-state index is -0.649. The van der Waals surface area contributed by atoms with E-state index in [2.05, 4.69) is 5.32 Å². The average molecular weight is 257 g/mol. The van der Waals surface area contributed by atoms with E-state index in [1.807, 2.05) is 13.8 Å². The van der Waals surface area contributed by atoms with Gasteiger partial charge in [-0.2, -0.15) is 0 Å². The fraction of sp³-hybridized carbons (Fsp3) is 0.833. The molecule has 0 radical (unpaired) electrons. The van der Waals surface area contributed by atoms with Gasteiger partial charge in [0, 0.05) is 19.8 Å². The number of nitrogens with two attached hydrogens (primary N) is 2. The Kier molecular flexibility index (Phi) is 5.10. The van der Waals surface area contributed by atoms with Gasteiger partial charge < -0.3 is 21.5 Å². The molecule has 0 aromatic carbocycles. The predicted molar refractivity (Wildman–Crippen MR) is 67.5 cm³/mol. The first kappa shape index (κ1) is 14.9. The summed E-state index contributed by atoms with van der Waals surface area (Å²) in [5, 5.41) is 2.73. The maximum Gasteiger partial charge on any atom is 0.240 e. The Bertz CT molecular complexity index is 312. The molecule has 6 heteroatoms. The van der Waals surface area contributed by atoms with Gasteiger partial charge in [0.1, 0.15) is 6.04 Å². The highest BCUT2D eigenvalue weighted by molar-refractivity contribution is 5.89. The molecule has 0 aromatic rings. The maximum absolute atomic E-state index is 12.3. The van der Waals surface area contributed by atoms with E-state index in [0.29, 0.717) is 26.1 Å². The molecule has 6 nitrogen and oxygen atoms in total. The number of ether oxygens (including phenoxy) is 1. The second-order valence-corrected chi connectivity index (χ2v) is 5.19. The molecule has 0 bridgehead atoms. The summed E-state index contributed by atoms with van der Waals surface area (Å²) in [6, 6.07) is -0.649. The van der Waals surface area contributed by atoms with Crippen molar-refractivity contribution in [1.29, 1.82) is 0 Å². The first-order valence-electron chi connectivity index (χ1n) is 6.31. The number of rotatable bonds is 5. The number of carbonyl (C=O) groups is 2. The van der Waals surface area contributed by atoms with E-state index >= 15 is 0 Å². The molecule has 0 spiro atoms. The molecule has 1 atom stereocenters. The van der Waals surface area contributed by atoms with Crippen LogP contribution in [0.2, 0.25) is 0 Å². The lowest BCUT2D eigenvalue weighted by atomic mass is 9.79. The van der Waals surface area contributed by atoms with Gasteiger partial charge in [-0.25, -0.2) is 0 Å². The summed E-state index contributed by atoms with van der Waals surface area (Å²) in [5.41, 5.74) is 10.4. The molecule has 0 aliphatic carbocycles. The fourth-order valence-electron chi connectivity index (χ4n) is 2.15. The number of hydrogen-bond acceptors (Lipinski definition) is 4. The van der Waals surface area contributed by atoms with E-state index in [1.54, 1.807) is 0 Å². The molecule has 2 amide bonds. The summed E-state index contributed by atoms with van der Waals surface area (Å²) < 4.78 is 5.25. The van der Waals surface area contributed by atoms with E-state index in [9.17, 15) is 9.59 Å². The summed E-state index contributed by atoms with van der Waals surface area (Å²) in [6.45, 7) is 4.98. The molecule has 0 saturated carbocycles. The SMILES string of the molecule is CC(C)C(NC(=O)C1(CN)CCOCC1)C(N)=O. The third-order valence-corrected chi connectivity index (χ3v) is 3.58. The second-order valence-electron chi connectivity index (χ2n) is 5.19. The second kappa shape index (κ2) is 6.15. The van der Waals surface area contributed by atoms with Crippen molar-refractivity contribution < 1.29 is 14.3 Å². The predicted octanol–water partition coefficient (Wildman–Crippen LogP) is -0.632.